The van der Waals surface area contributed by atoms with E-state index in [1.807, 2.05) is 19.1 Å². The Morgan fingerprint density at radius 1 is 1.00 bits per heavy atom. The summed E-state index contributed by atoms with van der Waals surface area (Å²) in [7, 11) is 0. The lowest BCUT2D eigenvalue weighted by molar-refractivity contribution is -0.137. The number of ether oxygens (including phenoxy) is 1. The van der Waals surface area contributed by atoms with E-state index >= 15 is 0 Å². The van der Waals surface area contributed by atoms with Crippen molar-refractivity contribution in [3.8, 4) is 11.3 Å². The lowest BCUT2D eigenvalue weighted by Gasteiger charge is -2.29. The molecule has 1 aliphatic heterocycles. The first kappa shape index (κ1) is 25.6. The van der Waals surface area contributed by atoms with Gasteiger partial charge in [-0.15, -0.1) is 0 Å². The molecule has 0 saturated carbocycles. The fraction of sp³-hybridized carbons (Fsp3) is 0.370. The number of carbonyl (C=O) groups is 1. The molecule has 0 spiro atoms. The largest absolute Gasteiger partial charge is 0.416 e. The Morgan fingerprint density at radius 2 is 1.72 bits per heavy atom. The summed E-state index contributed by atoms with van der Waals surface area (Å²) in [5.74, 6) is 0.00139. The lowest BCUT2D eigenvalue weighted by atomic mass is 9.90. The number of benzene rings is 2. The molecule has 0 radical (unpaired) electrons. The standard InChI is InChI=1S/C27H29F3N4O2/c1-17-8-9-20(31-24(35)18-6-5-7-19(14-18)27(28,29)30)15-21(17)22-16-23(26(2,3)4)33-25(32-22)34-10-12-36-13-11-34/h5-9,14-16H,10-13H2,1-4H3,(H,31,35). The molecule has 2 heterocycles. The van der Waals surface area contributed by atoms with Gasteiger partial charge in [0.2, 0.25) is 5.95 Å². The third-order valence-electron chi connectivity index (χ3n) is 6.00. The molecular formula is C27H29F3N4O2. The van der Waals surface area contributed by atoms with Crippen molar-refractivity contribution in [2.45, 2.75) is 39.3 Å². The van der Waals surface area contributed by atoms with Crippen molar-refractivity contribution in [1.29, 1.82) is 0 Å². The molecule has 4 rings (SSSR count). The Bertz CT molecular complexity index is 1260. The van der Waals surface area contributed by atoms with Gasteiger partial charge in [-0.2, -0.15) is 13.2 Å². The molecule has 1 aliphatic rings. The highest BCUT2D eigenvalue weighted by atomic mass is 19.4. The number of morpholine rings is 1. The van der Waals surface area contributed by atoms with E-state index in [4.69, 9.17) is 14.7 Å². The number of nitrogens with zero attached hydrogens (tertiary/aromatic N) is 3. The summed E-state index contributed by atoms with van der Waals surface area (Å²) in [6, 6.07) is 11.7. The number of halogens is 3. The number of hydrogen-bond acceptors (Lipinski definition) is 5. The van der Waals surface area contributed by atoms with E-state index in [1.165, 1.54) is 12.1 Å². The van der Waals surface area contributed by atoms with Crippen LogP contribution < -0.4 is 10.2 Å². The first-order valence-electron chi connectivity index (χ1n) is 11.7. The van der Waals surface area contributed by atoms with Crippen LogP contribution in [0.25, 0.3) is 11.3 Å². The second kappa shape index (κ2) is 9.89. The van der Waals surface area contributed by atoms with Gasteiger partial charge < -0.3 is 15.0 Å². The van der Waals surface area contributed by atoms with Crippen molar-refractivity contribution in [1.82, 2.24) is 9.97 Å². The van der Waals surface area contributed by atoms with Crippen LogP contribution in [0, 0.1) is 6.92 Å². The maximum absolute atomic E-state index is 13.1. The molecule has 190 valence electrons. The van der Waals surface area contributed by atoms with Gasteiger partial charge in [-0.25, -0.2) is 9.97 Å². The SMILES string of the molecule is Cc1ccc(NC(=O)c2cccc(C(F)(F)F)c2)cc1-c1cc(C(C)(C)C)nc(N2CCOCC2)n1. The van der Waals surface area contributed by atoms with Crippen LogP contribution in [0.1, 0.15) is 48.0 Å². The molecule has 0 aliphatic carbocycles. The van der Waals surface area contributed by atoms with Gasteiger partial charge in [0.25, 0.3) is 5.91 Å². The first-order valence-corrected chi connectivity index (χ1v) is 11.7. The summed E-state index contributed by atoms with van der Waals surface area (Å²) in [5, 5.41) is 2.72. The van der Waals surface area contributed by atoms with Crippen molar-refractivity contribution >= 4 is 17.5 Å². The van der Waals surface area contributed by atoms with E-state index in [-0.39, 0.29) is 11.0 Å². The molecule has 9 heteroatoms. The molecule has 2 aromatic carbocycles. The molecule has 1 N–H and O–H groups in total. The first-order chi connectivity index (χ1) is 16.9. The van der Waals surface area contributed by atoms with E-state index in [0.717, 1.165) is 29.0 Å². The van der Waals surface area contributed by atoms with E-state index in [9.17, 15) is 18.0 Å². The summed E-state index contributed by atoms with van der Waals surface area (Å²) in [4.78, 5) is 24.5. The Balaban J connectivity index is 1.68. The highest BCUT2D eigenvalue weighted by Gasteiger charge is 2.31. The zero-order valence-electron chi connectivity index (χ0n) is 20.7. The number of nitrogens with one attached hydrogen (secondary N) is 1. The molecule has 1 amide bonds. The number of aryl methyl sites for hydroxylation is 1. The van der Waals surface area contributed by atoms with Gasteiger partial charge in [0.05, 0.1) is 30.2 Å². The van der Waals surface area contributed by atoms with Crippen LogP contribution in [-0.2, 0) is 16.3 Å². The zero-order valence-corrected chi connectivity index (χ0v) is 20.7. The minimum atomic E-state index is -4.52. The Kier molecular flexibility index (Phi) is 7.04. The molecule has 1 fully saturated rings. The zero-order chi connectivity index (χ0) is 26.1. The third-order valence-corrected chi connectivity index (χ3v) is 6.00. The minimum absolute atomic E-state index is 0.0707. The van der Waals surface area contributed by atoms with Crippen LogP contribution in [0.4, 0.5) is 24.8 Å². The number of alkyl halides is 3. The molecular weight excluding hydrogens is 469 g/mol. The molecule has 0 bridgehead atoms. The Labute approximate surface area is 208 Å². The average Bonchev–Trinajstić information content (AvgIpc) is 2.84. The molecule has 0 unspecified atom stereocenters. The van der Waals surface area contributed by atoms with Gasteiger partial charge in [0.15, 0.2) is 0 Å². The van der Waals surface area contributed by atoms with Crippen molar-refractivity contribution in [2.24, 2.45) is 0 Å². The number of amides is 1. The second-order valence-electron chi connectivity index (χ2n) is 9.85. The predicted octanol–water partition coefficient (Wildman–Crippen LogP) is 5.86. The average molecular weight is 499 g/mol. The predicted molar refractivity (Wildman–Crippen MR) is 133 cm³/mol. The lowest BCUT2D eigenvalue weighted by Crippen LogP contribution is -2.37. The molecule has 1 aromatic heterocycles. The van der Waals surface area contributed by atoms with Gasteiger partial charge in [0.1, 0.15) is 0 Å². The second-order valence-corrected chi connectivity index (χ2v) is 9.85. The van der Waals surface area contributed by atoms with E-state index in [2.05, 4.69) is 31.0 Å². The maximum atomic E-state index is 13.1. The quantitative estimate of drug-likeness (QED) is 0.488. The number of hydrogen-bond donors (Lipinski definition) is 1. The van der Waals surface area contributed by atoms with Crippen molar-refractivity contribution in [2.75, 3.05) is 36.5 Å². The van der Waals surface area contributed by atoms with E-state index in [1.54, 1.807) is 12.1 Å². The van der Waals surface area contributed by atoms with E-state index in [0.29, 0.717) is 43.6 Å². The summed E-state index contributed by atoms with van der Waals surface area (Å²) in [6.45, 7) is 10.8. The van der Waals surface area contributed by atoms with Gasteiger partial charge in [0, 0.05) is 35.3 Å². The van der Waals surface area contributed by atoms with E-state index < -0.39 is 17.6 Å². The third kappa shape index (κ3) is 5.84. The van der Waals surface area contributed by atoms with Crippen molar-refractivity contribution < 1.29 is 22.7 Å². The number of carbonyl (C=O) groups excluding carboxylic acids is 1. The van der Waals surface area contributed by atoms with Gasteiger partial charge in [-0.1, -0.05) is 32.9 Å². The van der Waals surface area contributed by atoms with Crippen molar-refractivity contribution in [3.63, 3.8) is 0 Å². The van der Waals surface area contributed by atoms with Crippen LogP contribution in [0.5, 0.6) is 0 Å². The topological polar surface area (TPSA) is 67.4 Å². The summed E-state index contributed by atoms with van der Waals surface area (Å²) >= 11 is 0. The highest BCUT2D eigenvalue weighted by Crippen LogP contribution is 2.32. The van der Waals surface area contributed by atoms with Gasteiger partial charge in [-0.3, -0.25) is 4.79 Å². The van der Waals surface area contributed by atoms with Gasteiger partial charge >= 0.3 is 6.18 Å². The Hall–Kier alpha value is -3.46. The normalized spacial score (nSPS) is 14.6. The molecule has 3 aromatic rings. The van der Waals surface area contributed by atoms with Crippen LogP contribution >= 0.6 is 0 Å². The molecule has 1 saturated heterocycles. The van der Waals surface area contributed by atoms with Crippen LogP contribution in [0.15, 0.2) is 48.5 Å². The highest BCUT2D eigenvalue weighted by molar-refractivity contribution is 6.04. The fourth-order valence-corrected chi connectivity index (χ4v) is 3.88. The smallest absolute Gasteiger partial charge is 0.378 e. The van der Waals surface area contributed by atoms with Crippen LogP contribution in [0.3, 0.4) is 0 Å². The van der Waals surface area contributed by atoms with Crippen molar-refractivity contribution in [3.05, 3.63) is 70.9 Å². The molecule has 6 nitrogen and oxygen atoms in total. The fourth-order valence-electron chi connectivity index (χ4n) is 3.88. The van der Waals surface area contributed by atoms with Gasteiger partial charge in [-0.05, 0) is 48.9 Å². The maximum Gasteiger partial charge on any atom is 0.416 e. The molecule has 36 heavy (non-hydrogen) atoms. The number of rotatable bonds is 4. The number of aromatic nitrogens is 2. The van der Waals surface area contributed by atoms with Crippen LogP contribution in [0.2, 0.25) is 0 Å². The van der Waals surface area contributed by atoms with Crippen LogP contribution in [-0.4, -0.2) is 42.2 Å². The Morgan fingerprint density at radius 3 is 2.39 bits per heavy atom. The molecule has 0 atom stereocenters. The summed E-state index contributed by atoms with van der Waals surface area (Å²) in [5.41, 5.74) is 2.64. The summed E-state index contributed by atoms with van der Waals surface area (Å²) < 4.78 is 44.7. The summed E-state index contributed by atoms with van der Waals surface area (Å²) in [6.07, 6.45) is -4.52. The number of anilines is 2. The monoisotopic (exact) mass is 498 g/mol. The minimum Gasteiger partial charge on any atom is -0.378 e.